The van der Waals surface area contributed by atoms with Crippen LogP contribution in [-0.4, -0.2) is 184 Å². The van der Waals surface area contributed by atoms with Crippen LogP contribution in [0, 0.1) is 0 Å². The third kappa shape index (κ3) is 18.0. The number of hydrogen-bond donors (Lipinski definition) is 19. The summed E-state index contributed by atoms with van der Waals surface area (Å²) in [5, 5.41) is 125. The minimum atomic E-state index is -2.23. The van der Waals surface area contributed by atoms with Gasteiger partial charge in [-0.15, -0.1) is 0 Å². The first-order chi connectivity index (χ1) is 52.1. The topological polar surface area (TPSA) is 586 Å². The predicted octanol–water partition coefficient (Wildman–Crippen LogP) is 8.35. The highest BCUT2D eigenvalue weighted by atomic mass is 16.4. The highest BCUT2D eigenvalue weighted by Gasteiger charge is 2.37. The Morgan fingerprint density at radius 1 is 0.318 bits per heavy atom. The van der Waals surface area contributed by atoms with Crippen LogP contribution in [0.4, 0.5) is 10.5 Å². The summed E-state index contributed by atoms with van der Waals surface area (Å²) in [6.07, 6.45) is -6.71. The van der Waals surface area contributed by atoms with Crippen molar-refractivity contribution in [3.05, 3.63) is 207 Å². The van der Waals surface area contributed by atoms with E-state index in [1.165, 1.54) is 0 Å². The lowest BCUT2D eigenvalue weighted by Gasteiger charge is -2.35. The van der Waals surface area contributed by atoms with Gasteiger partial charge >= 0.3 is 71.7 Å². The maximum Gasteiger partial charge on any atom is 0.335 e. The summed E-state index contributed by atoms with van der Waals surface area (Å²) >= 11 is 0. The number of anilines is 1. The number of carboxylic acid groups (broad SMARTS) is 11. The molecule has 3 atom stereocenters. The molecule has 0 aliphatic carbocycles. The molecule has 0 bridgehead atoms. The molecule has 34 heteroatoms. The number of nitrogens with one attached hydrogen (secondary N) is 8. The molecule has 10 rings (SSSR count). The normalized spacial score (nSPS) is 12.5. The van der Waals surface area contributed by atoms with E-state index in [0.29, 0.717) is 32.7 Å². The monoisotopic (exact) mass is 1500 g/mol. The third-order valence-corrected chi connectivity index (χ3v) is 18.3. The fraction of sp³-hybridized carbons (Fsp3) is 0.171. The summed E-state index contributed by atoms with van der Waals surface area (Å²) in [7, 11) is 0. The highest BCUT2D eigenvalue weighted by Crippen LogP contribution is 2.38. The zero-order chi connectivity index (χ0) is 79.7. The van der Waals surface area contributed by atoms with Crippen LogP contribution < -0.4 is 26.6 Å². The van der Waals surface area contributed by atoms with Crippen molar-refractivity contribution in [2.75, 3.05) is 5.32 Å². The quantitative estimate of drug-likeness (QED) is 0.0180. The van der Waals surface area contributed by atoms with Crippen molar-refractivity contribution >= 4 is 128 Å². The number of benzene rings is 7. The van der Waals surface area contributed by atoms with Crippen LogP contribution in [0.15, 0.2) is 146 Å². The Morgan fingerprint density at radius 2 is 0.555 bits per heavy atom. The minimum absolute atomic E-state index is 0.0199. The molecule has 0 fully saturated rings. The molecule has 10 aromatic rings. The van der Waals surface area contributed by atoms with Gasteiger partial charge in [0.25, 0.3) is 0 Å². The van der Waals surface area contributed by atoms with E-state index in [4.69, 9.17) is 0 Å². The van der Waals surface area contributed by atoms with Crippen molar-refractivity contribution in [2.24, 2.45) is 0 Å². The summed E-state index contributed by atoms with van der Waals surface area (Å²) < 4.78 is 0. The Labute approximate surface area is 617 Å². The van der Waals surface area contributed by atoms with Gasteiger partial charge in [0.2, 0.25) is 17.7 Å². The molecule has 110 heavy (non-hydrogen) atoms. The van der Waals surface area contributed by atoms with E-state index in [2.05, 4.69) is 41.5 Å². The Morgan fingerprint density at radius 3 is 0.791 bits per heavy atom. The molecule has 0 radical (unpaired) electrons. The molecule has 0 saturated heterocycles. The van der Waals surface area contributed by atoms with Gasteiger partial charge in [-0.2, -0.15) is 0 Å². The number of amides is 5. The maximum absolute atomic E-state index is 14.7. The molecule has 0 aliphatic heterocycles. The highest BCUT2D eigenvalue weighted by molar-refractivity contribution is 6.03. The molecular weight excluding hydrogens is 1440 g/mol. The lowest BCUT2D eigenvalue weighted by molar-refractivity contribution is -0.142. The molecule has 3 heterocycles. The average Bonchev–Trinajstić information content (AvgIpc) is 1.62. The fourth-order valence-corrected chi connectivity index (χ4v) is 13.0. The second kappa shape index (κ2) is 32.6. The molecule has 5 amide bonds. The summed E-state index contributed by atoms with van der Waals surface area (Å²) in [6, 6.07) is 23.8. The van der Waals surface area contributed by atoms with E-state index in [1.54, 1.807) is 72.8 Å². The number of para-hydroxylation sites is 3. The number of carbonyl (C=O) groups excluding carboxylic acids is 4. The van der Waals surface area contributed by atoms with Crippen LogP contribution in [0.3, 0.4) is 0 Å². The van der Waals surface area contributed by atoms with Crippen LogP contribution in [0.1, 0.15) is 138 Å². The molecule has 3 aromatic heterocycles. The molecule has 34 nitrogen and oxygen atoms in total. The number of aromatic nitrogens is 3. The standard InChI is InChI=1S/C76H64N8O26/c85-58(78-55(72(104)105)31-49-46-7-1-4-10-52(46)81-61(49)34-19-37(64(88)89)25-38(20-34)65(90)91)13-16-76(84-75(110)77-45-29-43(70(100)101)28-44(30-45)71(102)103,17-14-59(86)79-56(73(106)107)32-50-47-8-2-5-11-53(47)82-62(50)35-21-39(66(92)93)26-40(22-35)67(94)95)18-15-60(87)80-57(74(108)109)33-51-48-9-3-6-12-54(48)83-63(51)36-23-41(68(96)97)27-42(24-36)69(98)99/h1-12,19-30,55-57,81-83H,13-18,31-33H2,(H,78,85)(H,79,86)(H,80,87)(H,88,89)(H,90,91)(H,92,93)(H,94,95)(H,96,97)(H,98,99)(H,100,101)(H,102,103)(H,104,105)(H,106,107)(H,108,109)(H2,77,84,110). The molecule has 19 N–H and O–H groups in total. The number of aromatic amines is 3. The van der Waals surface area contributed by atoms with Crippen LogP contribution in [0.5, 0.6) is 0 Å². The Kier molecular flexibility index (Phi) is 23.0. The van der Waals surface area contributed by atoms with Gasteiger partial charge in [-0.25, -0.2) is 57.5 Å². The lowest BCUT2D eigenvalue weighted by Crippen LogP contribution is -2.53. The molecule has 3 unspecified atom stereocenters. The van der Waals surface area contributed by atoms with Gasteiger partial charge < -0.3 is 97.7 Å². The summed E-state index contributed by atoms with van der Waals surface area (Å²) in [5.74, 6) is -20.8. The molecule has 0 spiro atoms. The van der Waals surface area contributed by atoms with Gasteiger partial charge in [0.05, 0.1) is 44.5 Å². The Balaban J connectivity index is 1.02. The number of carbonyl (C=O) groups is 15. The fourth-order valence-electron chi connectivity index (χ4n) is 13.0. The van der Waals surface area contributed by atoms with Crippen molar-refractivity contribution in [2.45, 2.75) is 81.5 Å². The number of carboxylic acids is 11. The van der Waals surface area contributed by atoms with E-state index in [-0.39, 0.29) is 50.5 Å². The first kappa shape index (κ1) is 77.6. The summed E-state index contributed by atoms with van der Waals surface area (Å²) in [5.41, 5.74) is -5.22. The number of fused-ring (bicyclic) bond motifs is 3. The van der Waals surface area contributed by atoms with Gasteiger partial charge in [-0.3, -0.25) is 14.4 Å². The molecule has 0 aliphatic rings. The van der Waals surface area contributed by atoms with Crippen LogP contribution >= 0.6 is 0 Å². The summed E-state index contributed by atoms with van der Waals surface area (Å²) in [6.45, 7) is 0. The second-order valence-corrected chi connectivity index (χ2v) is 25.6. The second-order valence-electron chi connectivity index (χ2n) is 25.6. The number of aromatic carboxylic acids is 8. The van der Waals surface area contributed by atoms with Crippen LogP contribution in [0.2, 0.25) is 0 Å². The SMILES string of the molecule is O=C(CCC(CCC(=O)NC(Cc1c(-c2cc(C(=O)O)cc(C(=O)O)c2)[nH]c2ccccc12)C(=O)O)(CCC(=O)NC(Cc1c(-c2cc(C(=O)O)cc(C(=O)O)c2)[nH]c2ccccc12)C(=O)O)NC(=O)Nc1cc(C(=O)O)cc(C(=O)O)c1)NC(Cc1c(-c2cc(C(=O)O)cc(C(=O)O)c2)[nH]c2ccccc12)C(=O)O. The molecule has 7 aromatic carbocycles. The number of aliphatic carboxylic acids is 3. The number of urea groups is 1. The zero-order valence-electron chi connectivity index (χ0n) is 57.0. The van der Waals surface area contributed by atoms with Gasteiger partial charge in [0.15, 0.2) is 0 Å². The smallest absolute Gasteiger partial charge is 0.335 e. The number of rotatable bonds is 34. The predicted molar refractivity (Wildman–Crippen MR) is 386 cm³/mol. The van der Waals surface area contributed by atoms with Crippen molar-refractivity contribution in [1.82, 2.24) is 36.2 Å². The lowest BCUT2D eigenvalue weighted by atomic mass is 9.83. The van der Waals surface area contributed by atoms with Crippen molar-refractivity contribution in [3.8, 4) is 33.8 Å². The van der Waals surface area contributed by atoms with Crippen LogP contribution in [0.25, 0.3) is 66.5 Å². The molecule has 564 valence electrons. The van der Waals surface area contributed by atoms with Crippen molar-refractivity contribution < 1.29 is 128 Å². The van der Waals surface area contributed by atoms with E-state index >= 15 is 0 Å². The van der Waals surface area contributed by atoms with Gasteiger partial charge in [0.1, 0.15) is 18.1 Å². The van der Waals surface area contributed by atoms with Crippen LogP contribution in [-0.2, 0) is 48.0 Å². The zero-order valence-corrected chi connectivity index (χ0v) is 57.0. The van der Waals surface area contributed by atoms with Gasteiger partial charge in [-0.05, 0) is 144 Å². The van der Waals surface area contributed by atoms with Gasteiger partial charge in [0, 0.05) is 99.5 Å². The minimum Gasteiger partial charge on any atom is -0.480 e. The van der Waals surface area contributed by atoms with E-state index in [0.717, 1.165) is 72.8 Å². The first-order valence-corrected chi connectivity index (χ1v) is 33.1. The third-order valence-electron chi connectivity index (χ3n) is 18.3. The van der Waals surface area contributed by atoms with E-state index in [9.17, 15) is 128 Å². The average molecular weight is 1510 g/mol. The number of H-pyrrole nitrogens is 3. The maximum atomic E-state index is 14.7. The molecule has 0 saturated carbocycles. The Hall–Kier alpha value is -15.0. The van der Waals surface area contributed by atoms with E-state index < -0.39 is 221 Å². The number of hydrogen-bond acceptors (Lipinski definition) is 15. The summed E-state index contributed by atoms with van der Waals surface area (Å²) in [4.78, 5) is 206. The van der Waals surface area contributed by atoms with Gasteiger partial charge in [-0.1, -0.05) is 54.6 Å². The first-order valence-electron chi connectivity index (χ1n) is 33.1. The van der Waals surface area contributed by atoms with Crippen molar-refractivity contribution in [1.29, 1.82) is 0 Å². The largest absolute Gasteiger partial charge is 0.480 e. The Bertz CT molecular complexity index is 4930. The molecular formula is C76H64N8O26. The van der Waals surface area contributed by atoms with Crippen molar-refractivity contribution in [3.63, 3.8) is 0 Å². The van der Waals surface area contributed by atoms with E-state index in [1.807, 2.05) is 0 Å².